The average Bonchev–Trinajstić information content (AvgIpc) is 3.27. The molecule has 0 rings (SSSR count). The van der Waals surface area contributed by atoms with Crippen LogP contribution >= 0.6 is 0 Å². The largest absolute Gasteiger partial charge is 0.462 e. The van der Waals surface area contributed by atoms with Gasteiger partial charge in [0.05, 0.1) is 6.61 Å². The Kier molecular flexibility index (Phi) is 50.4. The number of hydrogen-bond donors (Lipinski definition) is 0. The molecule has 0 radical (unpaired) electrons. The molecule has 62 heavy (non-hydrogen) atoms. The normalized spacial score (nSPS) is 12.8. The lowest BCUT2D eigenvalue weighted by Gasteiger charge is -2.18. The van der Waals surface area contributed by atoms with E-state index >= 15 is 0 Å². The van der Waals surface area contributed by atoms with Crippen molar-refractivity contribution in [2.45, 2.75) is 258 Å². The summed E-state index contributed by atoms with van der Waals surface area (Å²) in [5.41, 5.74) is 0. The zero-order valence-corrected chi connectivity index (χ0v) is 41.1. The van der Waals surface area contributed by atoms with Crippen LogP contribution in [0.5, 0.6) is 0 Å². The van der Waals surface area contributed by atoms with Crippen LogP contribution in [-0.4, -0.2) is 37.9 Å². The standard InChI is InChI=1S/C57H100O5/c1-4-7-10-13-16-19-22-25-27-28-29-30-32-33-35-38-41-44-47-50-56(58)61-54-55(53-60-52-49-46-43-40-37-24-21-18-15-12-9-6-3)62-57(59)51-48-45-42-39-36-34-31-26-23-20-17-14-11-8-5-2/h7,10,15-16,18-19,25-27,29-31,55H,4-6,8-9,11-14,17,20-24,28,32-54H2,1-3H3/b10-7-,18-15-,19-16-,27-25-,30-29-,31-26-. The summed E-state index contributed by atoms with van der Waals surface area (Å²) in [6, 6.07) is 0. The molecule has 5 nitrogen and oxygen atoms in total. The van der Waals surface area contributed by atoms with Gasteiger partial charge in [-0.3, -0.25) is 9.59 Å². The van der Waals surface area contributed by atoms with Crippen molar-refractivity contribution in [1.29, 1.82) is 0 Å². The molecular weight excluding hydrogens is 765 g/mol. The molecule has 1 unspecified atom stereocenters. The lowest BCUT2D eigenvalue weighted by atomic mass is 10.1. The second kappa shape index (κ2) is 52.7. The molecule has 0 aliphatic carbocycles. The smallest absolute Gasteiger partial charge is 0.306 e. The molecule has 0 aliphatic rings. The summed E-state index contributed by atoms with van der Waals surface area (Å²) < 4.78 is 17.4. The van der Waals surface area contributed by atoms with E-state index in [-0.39, 0.29) is 25.2 Å². The Hall–Kier alpha value is -2.66. The molecule has 0 fully saturated rings. The van der Waals surface area contributed by atoms with Gasteiger partial charge in [0, 0.05) is 19.4 Å². The number of hydrogen-bond acceptors (Lipinski definition) is 5. The van der Waals surface area contributed by atoms with Crippen LogP contribution in [0.3, 0.4) is 0 Å². The van der Waals surface area contributed by atoms with Crippen molar-refractivity contribution in [3.8, 4) is 0 Å². The van der Waals surface area contributed by atoms with E-state index in [1.165, 1.54) is 128 Å². The maximum absolute atomic E-state index is 12.8. The van der Waals surface area contributed by atoms with Gasteiger partial charge in [-0.2, -0.15) is 0 Å². The van der Waals surface area contributed by atoms with Crippen molar-refractivity contribution in [2.75, 3.05) is 19.8 Å². The minimum absolute atomic E-state index is 0.0706. The predicted octanol–water partition coefficient (Wildman–Crippen LogP) is 17.9. The maximum atomic E-state index is 12.8. The van der Waals surface area contributed by atoms with E-state index in [1.54, 1.807) is 0 Å². The van der Waals surface area contributed by atoms with Gasteiger partial charge < -0.3 is 14.2 Å². The fourth-order valence-corrected chi connectivity index (χ4v) is 7.24. The number of allylic oxidation sites excluding steroid dienone is 12. The third kappa shape index (κ3) is 50.0. The fourth-order valence-electron chi connectivity index (χ4n) is 7.24. The van der Waals surface area contributed by atoms with Crippen molar-refractivity contribution < 1.29 is 23.8 Å². The van der Waals surface area contributed by atoms with E-state index in [4.69, 9.17) is 14.2 Å². The van der Waals surface area contributed by atoms with Gasteiger partial charge in [0.15, 0.2) is 6.10 Å². The summed E-state index contributed by atoms with van der Waals surface area (Å²) in [6.07, 6.45) is 67.6. The number of rotatable bonds is 48. The number of carbonyl (C=O) groups is 2. The van der Waals surface area contributed by atoms with Gasteiger partial charge in [-0.1, -0.05) is 209 Å². The Balaban J connectivity index is 4.28. The van der Waals surface area contributed by atoms with Gasteiger partial charge in [-0.25, -0.2) is 0 Å². The van der Waals surface area contributed by atoms with Crippen molar-refractivity contribution >= 4 is 11.9 Å². The molecule has 0 saturated heterocycles. The third-order valence-corrected chi connectivity index (χ3v) is 11.2. The van der Waals surface area contributed by atoms with Crippen molar-refractivity contribution in [2.24, 2.45) is 0 Å². The molecule has 0 heterocycles. The van der Waals surface area contributed by atoms with E-state index in [9.17, 15) is 9.59 Å². The molecule has 0 aliphatic heterocycles. The summed E-state index contributed by atoms with van der Waals surface area (Å²) >= 11 is 0. The fraction of sp³-hybridized carbons (Fsp3) is 0.754. The molecule has 0 bridgehead atoms. The Morgan fingerprint density at radius 1 is 0.371 bits per heavy atom. The monoisotopic (exact) mass is 865 g/mol. The van der Waals surface area contributed by atoms with Gasteiger partial charge in [-0.05, 0) is 103 Å². The molecule has 358 valence electrons. The molecule has 0 aromatic carbocycles. The molecule has 0 N–H and O–H groups in total. The Morgan fingerprint density at radius 2 is 0.742 bits per heavy atom. The zero-order valence-electron chi connectivity index (χ0n) is 41.1. The number of ether oxygens (including phenoxy) is 3. The van der Waals surface area contributed by atoms with Crippen LogP contribution in [0, 0.1) is 0 Å². The molecule has 0 aromatic rings. The van der Waals surface area contributed by atoms with Crippen molar-refractivity contribution in [1.82, 2.24) is 0 Å². The lowest BCUT2D eigenvalue weighted by molar-refractivity contribution is -0.163. The quantitative estimate of drug-likeness (QED) is 0.0346. The highest BCUT2D eigenvalue weighted by atomic mass is 16.6. The van der Waals surface area contributed by atoms with Crippen LogP contribution in [0.2, 0.25) is 0 Å². The van der Waals surface area contributed by atoms with Gasteiger partial charge >= 0.3 is 11.9 Å². The van der Waals surface area contributed by atoms with Crippen LogP contribution < -0.4 is 0 Å². The minimum Gasteiger partial charge on any atom is -0.462 e. The van der Waals surface area contributed by atoms with Gasteiger partial charge in [0.1, 0.15) is 6.61 Å². The summed E-state index contributed by atoms with van der Waals surface area (Å²) in [5.74, 6) is -0.423. The second-order valence-corrected chi connectivity index (χ2v) is 17.4. The molecule has 0 amide bonds. The van der Waals surface area contributed by atoms with E-state index in [2.05, 4.69) is 93.7 Å². The SMILES string of the molecule is CC/C=C\C/C=C\C/C=C\C/C=C\CCCCCCCCC(=O)OCC(COCCCCCCCC/C=C\CCCC)OC(=O)CCCCCCC/C=C\CCCCCCCC. The highest BCUT2D eigenvalue weighted by molar-refractivity contribution is 5.70. The van der Waals surface area contributed by atoms with E-state index in [1.807, 2.05) is 0 Å². The highest BCUT2D eigenvalue weighted by Gasteiger charge is 2.17. The van der Waals surface area contributed by atoms with Gasteiger partial charge in [-0.15, -0.1) is 0 Å². The lowest BCUT2D eigenvalue weighted by Crippen LogP contribution is -2.30. The van der Waals surface area contributed by atoms with Gasteiger partial charge in [0.25, 0.3) is 0 Å². The van der Waals surface area contributed by atoms with Crippen molar-refractivity contribution in [3.05, 3.63) is 72.9 Å². The first-order valence-electron chi connectivity index (χ1n) is 26.5. The highest BCUT2D eigenvalue weighted by Crippen LogP contribution is 2.14. The number of unbranched alkanes of at least 4 members (excludes halogenated alkanes) is 25. The van der Waals surface area contributed by atoms with E-state index < -0.39 is 6.10 Å². The van der Waals surface area contributed by atoms with Crippen LogP contribution in [0.4, 0.5) is 0 Å². The number of carbonyl (C=O) groups excluding carboxylic acids is 2. The van der Waals surface area contributed by atoms with Crippen LogP contribution in [0.15, 0.2) is 72.9 Å². The third-order valence-electron chi connectivity index (χ3n) is 11.2. The van der Waals surface area contributed by atoms with E-state index in [0.29, 0.717) is 19.4 Å². The van der Waals surface area contributed by atoms with Crippen molar-refractivity contribution in [3.63, 3.8) is 0 Å². The Labute approximate surface area is 385 Å². The predicted molar refractivity (Wildman–Crippen MR) is 270 cm³/mol. The molecule has 1 atom stereocenters. The topological polar surface area (TPSA) is 61.8 Å². The van der Waals surface area contributed by atoms with E-state index in [0.717, 1.165) is 89.9 Å². The summed E-state index contributed by atoms with van der Waals surface area (Å²) in [6.45, 7) is 7.66. The van der Waals surface area contributed by atoms with Crippen LogP contribution in [0.1, 0.15) is 252 Å². The molecule has 5 heteroatoms. The minimum atomic E-state index is -0.551. The van der Waals surface area contributed by atoms with Crippen LogP contribution in [0.25, 0.3) is 0 Å². The average molecular weight is 865 g/mol. The molecule has 0 aromatic heterocycles. The summed E-state index contributed by atoms with van der Waals surface area (Å²) in [7, 11) is 0. The van der Waals surface area contributed by atoms with Gasteiger partial charge in [0.2, 0.25) is 0 Å². The number of esters is 2. The molecule has 0 spiro atoms. The summed E-state index contributed by atoms with van der Waals surface area (Å²) in [4.78, 5) is 25.4. The first-order valence-corrected chi connectivity index (χ1v) is 26.5. The molecule has 0 saturated carbocycles. The first kappa shape index (κ1) is 59.3. The Bertz CT molecular complexity index is 1110. The molecular formula is C57H100O5. The first-order chi connectivity index (χ1) is 30.6. The Morgan fingerprint density at radius 3 is 1.23 bits per heavy atom. The van der Waals surface area contributed by atoms with Crippen LogP contribution in [-0.2, 0) is 23.8 Å². The summed E-state index contributed by atoms with van der Waals surface area (Å²) in [5, 5.41) is 0. The zero-order chi connectivity index (χ0) is 44.9. The second-order valence-electron chi connectivity index (χ2n) is 17.4. The maximum Gasteiger partial charge on any atom is 0.306 e.